The number of ether oxygens (including phenoxy) is 1. The van der Waals surface area contributed by atoms with Crippen molar-refractivity contribution in [2.24, 2.45) is 4.99 Å². The fourth-order valence-corrected chi connectivity index (χ4v) is 3.99. The van der Waals surface area contributed by atoms with E-state index in [4.69, 9.17) is 34.4 Å². The van der Waals surface area contributed by atoms with Crippen molar-refractivity contribution in [3.05, 3.63) is 56.8 Å². The molecule has 0 saturated heterocycles. The number of thiazole rings is 1. The normalized spacial score (nSPS) is 11.5. The van der Waals surface area contributed by atoms with Crippen LogP contribution in [-0.2, 0) is 6.54 Å². The number of carbonyl (C=O) groups is 1. The van der Waals surface area contributed by atoms with Crippen LogP contribution in [0.4, 0.5) is 0 Å². The number of hydrogen-bond donors (Lipinski definition) is 0. The van der Waals surface area contributed by atoms with Crippen molar-refractivity contribution in [3.63, 3.8) is 0 Å². The number of amides is 1. The van der Waals surface area contributed by atoms with Gasteiger partial charge < -0.3 is 9.30 Å². The van der Waals surface area contributed by atoms with Gasteiger partial charge in [-0.25, -0.2) is 0 Å². The standard InChI is InChI=1S/C19H14Cl2N2O2S/c1-3-9-23-16-8-6-13(25-4-2)11-17(16)26-19(23)22-18(24)14-7-5-12(20)10-15(14)21/h1,5-8,10-11H,4,9H2,2H3. The van der Waals surface area contributed by atoms with Crippen LogP contribution in [0.1, 0.15) is 17.3 Å². The van der Waals surface area contributed by atoms with Gasteiger partial charge >= 0.3 is 0 Å². The predicted molar refractivity (Wildman–Crippen MR) is 106 cm³/mol. The topological polar surface area (TPSA) is 43.6 Å². The zero-order valence-corrected chi connectivity index (χ0v) is 16.2. The lowest BCUT2D eigenvalue weighted by atomic mass is 10.2. The molecule has 1 heterocycles. The summed E-state index contributed by atoms with van der Waals surface area (Å²) in [5, 5.41) is 0.716. The van der Waals surface area contributed by atoms with Crippen LogP contribution in [0.5, 0.6) is 5.75 Å². The van der Waals surface area contributed by atoms with Crippen molar-refractivity contribution in [1.29, 1.82) is 0 Å². The van der Waals surface area contributed by atoms with Crippen molar-refractivity contribution in [3.8, 4) is 18.1 Å². The minimum absolute atomic E-state index is 0.259. The lowest BCUT2D eigenvalue weighted by Gasteiger charge is -2.03. The molecule has 0 spiro atoms. The third kappa shape index (κ3) is 3.78. The molecule has 1 aromatic heterocycles. The molecule has 0 aliphatic carbocycles. The zero-order valence-electron chi connectivity index (χ0n) is 13.8. The minimum Gasteiger partial charge on any atom is -0.494 e. The molecule has 0 bridgehead atoms. The van der Waals surface area contributed by atoms with Crippen molar-refractivity contribution < 1.29 is 9.53 Å². The Balaban J connectivity index is 2.13. The van der Waals surface area contributed by atoms with Gasteiger partial charge in [0.2, 0.25) is 0 Å². The number of benzene rings is 2. The molecule has 0 radical (unpaired) electrons. The van der Waals surface area contributed by atoms with Crippen LogP contribution in [0.15, 0.2) is 41.4 Å². The number of carbonyl (C=O) groups excluding carboxylic acids is 1. The smallest absolute Gasteiger partial charge is 0.281 e. The number of terminal acetylenes is 1. The lowest BCUT2D eigenvalue weighted by Crippen LogP contribution is -2.16. The van der Waals surface area contributed by atoms with E-state index in [1.807, 2.05) is 29.7 Å². The fourth-order valence-electron chi connectivity index (χ4n) is 2.45. The van der Waals surface area contributed by atoms with E-state index in [9.17, 15) is 4.79 Å². The summed E-state index contributed by atoms with van der Waals surface area (Å²) in [6.45, 7) is 2.80. The molecule has 132 valence electrons. The highest BCUT2D eigenvalue weighted by Gasteiger charge is 2.12. The Morgan fingerprint density at radius 3 is 2.81 bits per heavy atom. The molecule has 2 aromatic carbocycles. The third-order valence-electron chi connectivity index (χ3n) is 3.57. The highest BCUT2D eigenvalue weighted by Crippen LogP contribution is 2.24. The summed E-state index contributed by atoms with van der Waals surface area (Å²) in [7, 11) is 0. The molecule has 3 aromatic rings. The second-order valence-electron chi connectivity index (χ2n) is 5.28. The molecular weight excluding hydrogens is 391 g/mol. The number of fused-ring (bicyclic) bond motifs is 1. The van der Waals surface area contributed by atoms with Gasteiger partial charge in [-0.3, -0.25) is 4.79 Å². The average Bonchev–Trinajstić information content (AvgIpc) is 2.92. The summed E-state index contributed by atoms with van der Waals surface area (Å²) < 4.78 is 8.28. The predicted octanol–water partition coefficient (Wildman–Crippen LogP) is 4.78. The first-order valence-corrected chi connectivity index (χ1v) is 9.34. The lowest BCUT2D eigenvalue weighted by molar-refractivity contribution is 0.0998. The minimum atomic E-state index is -0.450. The van der Waals surface area contributed by atoms with Crippen LogP contribution in [0.3, 0.4) is 0 Å². The summed E-state index contributed by atoms with van der Waals surface area (Å²) in [4.78, 5) is 17.3. The molecule has 4 nitrogen and oxygen atoms in total. The molecule has 0 aliphatic rings. The summed E-state index contributed by atoms with van der Waals surface area (Å²) in [5.74, 6) is 2.91. The maximum atomic E-state index is 12.6. The largest absolute Gasteiger partial charge is 0.494 e. The van der Waals surface area contributed by atoms with Gasteiger partial charge in [0, 0.05) is 5.02 Å². The Hall–Kier alpha value is -2.26. The Morgan fingerprint density at radius 1 is 1.31 bits per heavy atom. The molecule has 7 heteroatoms. The molecule has 0 unspecified atom stereocenters. The van der Waals surface area contributed by atoms with Crippen molar-refractivity contribution >= 4 is 50.7 Å². The van der Waals surface area contributed by atoms with E-state index in [0.717, 1.165) is 16.0 Å². The number of aromatic nitrogens is 1. The number of hydrogen-bond acceptors (Lipinski definition) is 3. The van der Waals surface area contributed by atoms with E-state index in [2.05, 4.69) is 10.9 Å². The molecule has 1 amide bonds. The van der Waals surface area contributed by atoms with E-state index < -0.39 is 5.91 Å². The van der Waals surface area contributed by atoms with E-state index in [0.29, 0.717) is 23.0 Å². The van der Waals surface area contributed by atoms with Crippen LogP contribution < -0.4 is 9.54 Å². The van der Waals surface area contributed by atoms with E-state index >= 15 is 0 Å². The summed E-state index contributed by atoms with van der Waals surface area (Å²) >= 11 is 13.4. The molecular formula is C19H14Cl2N2O2S. The second kappa shape index (κ2) is 7.96. The average molecular weight is 405 g/mol. The van der Waals surface area contributed by atoms with Gasteiger partial charge in [0.05, 0.1) is 34.0 Å². The van der Waals surface area contributed by atoms with Gasteiger partial charge in [0.1, 0.15) is 5.75 Å². The van der Waals surface area contributed by atoms with Crippen molar-refractivity contribution in [2.45, 2.75) is 13.5 Å². The van der Waals surface area contributed by atoms with Crippen LogP contribution >= 0.6 is 34.5 Å². The van der Waals surface area contributed by atoms with E-state index in [-0.39, 0.29) is 10.6 Å². The Morgan fingerprint density at radius 2 is 2.12 bits per heavy atom. The Labute approximate surface area is 164 Å². The molecule has 0 aliphatic heterocycles. The maximum Gasteiger partial charge on any atom is 0.281 e. The van der Waals surface area contributed by atoms with Gasteiger partial charge in [0.15, 0.2) is 4.80 Å². The van der Waals surface area contributed by atoms with Crippen LogP contribution in [0.2, 0.25) is 10.0 Å². The summed E-state index contributed by atoms with van der Waals surface area (Å²) in [6, 6.07) is 10.4. The van der Waals surface area contributed by atoms with Crippen molar-refractivity contribution in [1.82, 2.24) is 4.57 Å². The zero-order chi connectivity index (χ0) is 18.7. The van der Waals surface area contributed by atoms with Gasteiger partial charge in [-0.15, -0.1) is 6.42 Å². The van der Waals surface area contributed by atoms with Crippen LogP contribution in [0.25, 0.3) is 10.2 Å². The third-order valence-corrected chi connectivity index (χ3v) is 5.16. The van der Waals surface area contributed by atoms with Gasteiger partial charge in [-0.05, 0) is 43.3 Å². The summed E-state index contributed by atoms with van der Waals surface area (Å²) in [5.41, 5.74) is 1.18. The Kier molecular flexibility index (Phi) is 5.67. The van der Waals surface area contributed by atoms with E-state index in [1.165, 1.54) is 17.4 Å². The SMILES string of the molecule is C#CCn1c(=NC(=O)c2ccc(Cl)cc2Cl)sc2cc(OCC)ccc21. The first-order chi connectivity index (χ1) is 12.5. The molecule has 0 atom stereocenters. The molecule has 0 N–H and O–H groups in total. The highest BCUT2D eigenvalue weighted by atomic mass is 35.5. The fraction of sp³-hybridized carbons (Fsp3) is 0.158. The first kappa shape index (κ1) is 18.5. The highest BCUT2D eigenvalue weighted by molar-refractivity contribution is 7.16. The van der Waals surface area contributed by atoms with Gasteiger partial charge in [0.25, 0.3) is 5.91 Å². The molecule has 0 saturated carbocycles. The molecule has 3 rings (SSSR count). The maximum absolute atomic E-state index is 12.6. The van der Waals surface area contributed by atoms with Crippen LogP contribution in [-0.4, -0.2) is 17.1 Å². The van der Waals surface area contributed by atoms with Crippen molar-refractivity contribution in [2.75, 3.05) is 6.61 Å². The van der Waals surface area contributed by atoms with Crippen LogP contribution in [0, 0.1) is 12.3 Å². The number of rotatable bonds is 4. The van der Waals surface area contributed by atoms with Gasteiger partial charge in [-0.1, -0.05) is 40.5 Å². The summed E-state index contributed by atoms with van der Waals surface area (Å²) in [6.07, 6.45) is 5.49. The molecule has 0 fully saturated rings. The second-order valence-corrected chi connectivity index (χ2v) is 7.13. The first-order valence-electron chi connectivity index (χ1n) is 7.77. The monoisotopic (exact) mass is 404 g/mol. The van der Waals surface area contributed by atoms with Gasteiger partial charge in [-0.2, -0.15) is 4.99 Å². The Bertz CT molecular complexity index is 1090. The quantitative estimate of drug-likeness (QED) is 0.587. The van der Waals surface area contributed by atoms with E-state index in [1.54, 1.807) is 12.1 Å². The number of halogens is 2. The molecule has 26 heavy (non-hydrogen) atoms. The number of nitrogens with zero attached hydrogens (tertiary/aromatic N) is 2.